The molecule has 0 unspecified atom stereocenters. The van der Waals surface area contributed by atoms with Crippen molar-refractivity contribution >= 4 is 15.9 Å². The van der Waals surface area contributed by atoms with Gasteiger partial charge in [-0.3, -0.25) is 4.79 Å². The highest BCUT2D eigenvalue weighted by Crippen LogP contribution is 2.24. The number of hydrogen-bond donors (Lipinski definition) is 0. The molecule has 2 aliphatic rings. The Labute approximate surface area is 135 Å². The van der Waals surface area contributed by atoms with Crippen LogP contribution >= 0.6 is 0 Å². The molecule has 1 amide bonds. The van der Waals surface area contributed by atoms with E-state index >= 15 is 0 Å². The monoisotopic (exact) mass is 330 g/mol. The summed E-state index contributed by atoms with van der Waals surface area (Å²) in [5.74, 6) is 0.192. The Morgan fingerprint density at radius 1 is 0.955 bits per heavy atom. The minimum absolute atomic E-state index is 0.0429. The molecule has 22 heavy (non-hydrogen) atoms. The lowest BCUT2D eigenvalue weighted by molar-refractivity contribution is -0.136. The van der Waals surface area contributed by atoms with Crippen LogP contribution in [0.1, 0.15) is 64.7 Å². The van der Waals surface area contributed by atoms with Gasteiger partial charge in [-0.15, -0.1) is 0 Å². The van der Waals surface area contributed by atoms with Gasteiger partial charge in [0, 0.05) is 19.6 Å². The summed E-state index contributed by atoms with van der Waals surface area (Å²) in [5.41, 5.74) is 0. The maximum atomic E-state index is 12.9. The first-order chi connectivity index (χ1) is 10.6. The molecule has 0 aromatic heterocycles. The Bertz CT molecular complexity index is 456. The highest BCUT2D eigenvalue weighted by atomic mass is 32.2. The third kappa shape index (κ3) is 4.44. The van der Waals surface area contributed by atoms with Gasteiger partial charge in [-0.25, -0.2) is 8.42 Å². The summed E-state index contributed by atoms with van der Waals surface area (Å²) in [4.78, 5) is 14.8. The fourth-order valence-electron chi connectivity index (χ4n) is 3.54. The smallest absolute Gasteiger partial charge is 0.241 e. The molecule has 0 N–H and O–H groups in total. The normalized spacial score (nSPS) is 25.5. The summed E-state index contributed by atoms with van der Waals surface area (Å²) in [5, 5.41) is 0. The van der Waals surface area contributed by atoms with Crippen molar-refractivity contribution in [2.24, 2.45) is 0 Å². The van der Waals surface area contributed by atoms with Crippen LogP contribution in [0, 0.1) is 0 Å². The number of carbonyl (C=O) groups is 1. The Balaban J connectivity index is 2.10. The lowest BCUT2D eigenvalue weighted by Crippen LogP contribution is -2.53. The molecule has 128 valence electrons. The molecule has 2 fully saturated rings. The summed E-state index contributed by atoms with van der Waals surface area (Å²) < 4.78 is 26.4. The lowest BCUT2D eigenvalue weighted by Gasteiger charge is -2.37. The van der Waals surface area contributed by atoms with Crippen LogP contribution in [0.15, 0.2) is 0 Å². The van der Waals surface area contributed by atoms with Crippen molar-refractivity contribution < 1.29 is 13.2 Å². The van der Waals surface area contributed by atoms with Crippen molar-refractivity contribution in [1.29, 1.82) is 0 Å². The van der Waals surface area contributed by atoms with Gasteiger partial charge in [-0.2, -0.15) is 4.31 Å². The minimum atomic E-state index is -3.30. The van der Waals surface area contributed by atoms with Gasteiger partial charge < -0.3 is 4.90 Å². The number of likely N-dealkylation sites (tertiary alicyclic amines) is 1. The Morgan fingerprint density at radius 3 is 2.18 bits per heavy atom. The third-order valence-electron chi connectivity index (χ3n) is 4.73. The lowest BCUT2D eigenvalue weighted by atomic mass is 10.0. The summed E-state index contributed by atoms with van der Waals surface area (Å²) >= 11 is 0. The average Bonchev–Trinajstić information content (AvgIpc) is 2.46. The number of carbonyl (C=O) groups excluding carboxylic acids is 1. The molecule has 0 saturated carbocycles. The van der Waals surface area contributed by atoms with E-state index in [0.717, 1.165) is 38.8 Å². The number of hydrogen-bond acceptors (Lipinski definition) is 3. The first-order valence-electron chi connectivity index (χ1n) is 8.84. The standard InChI is InChI=1S/C16H30N2O3S/c1-2-14-22(20,21)18-13-9-6-10-15(18)16(19)17-11-7-4-3-5-8-12-17/h15H,2-14H2,1H3/t15-/m1/s1. The zero-order valence-electron chi connectivity index (χ0n) is 13.8. The van der Waals surface area contributed by atoms with Crippen molar-refractivity contribution in [3.05, 3.63) is 0 Å². The molecule has 2 saturated heterocycles. The van der Waals surface area contributed by atoms with E-state index < -0.39 is 16.1 Å². The van der Waals surface area contributed by atoms with Crippen molar-refractivity contribution in [2.45, 2.75) is 70.8 Å². The van der Waals surface area contributed by atoms with Gasteiger partial charge in [0.1, 0.15) is 6.04 Å². The van der Waals surface area contributed by atoms with Crippen molar-refractivity contribution in [1.82, 2.24) is 9.21 Å². The topological polar surface area (TPSA) is 57.7 Å². The van der Waals surface area contributed by atoms with E-state index in [1.54, 1.807) is 0 Å². The summed E-state index contributed by atoms with van der Waals surface area (Å²) in [6.45, 7) is 3.96. The van der Waals surface area contributed by atoms with E-state index in [1.807, 2.05) is 11.8 Å². The van der Waals surface area contributed by atoms with Gasteiger partial charge in [0.2, 0.25) is 15.9 Å². The highest BCUT2D eigenvalue weighted by molar-refractivity contribution is 7.89. The summed E-state index contributed by atoms with van der Waals surface area (Å²) in [7, 11) is -3.30. The molecule has 0 aromatic carbocycles. The van der Waals surface area contributed by atoms with E-state index in [-0.39, 0.29) is 11.7 Å². The fourth-order valence-corrected chi connectivity index (χ4v) is 5.28. The third-order valence-corrected chi connectivity index (χ3v) is 6.80. The number of piperidine rings is 1. The first-order valence-corrected chi connectivity index (χ1v) is 10.5. The summed E-state index contributed by atoms with van der Waals surface area (Å²) in [6.07, 6.45) is 8.78. The van der Waals surface area contributed by atoms with Crippen LogP contribution in [0.5, 0.6) is 0 Å². The molecule has 0 aliphatic carbocycles. The van der Waals surface area contributed by atoms with Crippen LogP contribution in [0.25, 0.3) is 0 Å². The second-order valence-electron chi connectivity index (χ2n) is 6.53. The number of nitrogens with zero attached hydrogens (tertiary/aromatic N) is 2. The first kappa shape index (κ1) is 17.7. The maximum Gasteiger partial charge on any atom is 0.241 e. The number of rotatable bonds is 4. The van der Waals surface area contributed by atoms with E-state index in [9.17, 15) is 13.2 Å². The zero-order chi connectivity index (χ0) is 16.0. The Hall–Kier alpha value is -0.620. The summed E-state index contributed by atoms with van der Waals surface area (Å²) in [6, 6.07) is -0.454. The highest BCUT2D eigenvalue weighted by Gasteiger charge is 2.38. The predicted molar refractivity (Wildman–Crippen MR) is 88.1 cm³/mol. The number of amides is 1. The number of sulfonamides is 1. The molecule has 5 nitrogen and oxygen atoms in total. The van der Waals surface area contributed by atoms with Gasteiger partial charge in [-0.05, 0) is 32.1 Å². The van der Waals surface area contributed by atoms with Crippen LogP contribution in [-0.4, -0.2) is 55.0 Å². The molecule has 6 heteroatoms. The second kappa shape index (κ2) is 8.29. The average molecular weight is 330 g/mol. The van der Waals surface area contributed by atoms with Gasteiger partial charge in [-0.1, -0.05) is 32.6 Å². The van der Waals surface area contributed by atoms with Gasteiger partial charge in [0.05, 0.1) is 5.75 Å². The molecule has 0 aromatic rings. The Kier molecular flexibility index (Phi) is 6.68. The maximum absolute atomic E-state index is 12.9. The fraction of sp³-hybridized carbons (Fsp3) is 0.938. The van der Waals surface area contributed by atoms with E-state index in [2.05, 4.69) is 0 Å². The molecule has 1 atom stereocenters. The predicted octanol–water partition coefficient (Wildman–Crippen LogP) is 2.37. The van der Waals surface area contributed by atoms with Crippen LogP contribution < -0.4 is 0 Å². The quantitative estimate of drug-likeness (QED) is 0.795. The van der Waals surface area contributed by atoms with Crippen molar-refractivity contribution in [3.8, 4) is 0 Å². The van der Waals surface area contributed by atoms with Crippen LogP contribution in [0.2, 0.25) is 0 Å². The minimum Gasteiger partial charge on any atom is -0.341 e. The van der Waals surface area contributed by atoms with E-state index in [0.29, 0.717) is 19.4 Å². The molecule has 2 aliphatic heterocycles. The molecular weight excluding hydrogens is 300 g/mol. The molecule has 0 spiro atoms. The molecule has 0 bridgehead atoms. The van der Waals surface area contributed by atoms with Crippen molar-refractivity contribution in [3.63, 3.8) is 0 Å². The molecular formula is C16H30N2O3S. The molecule has 2 rings (SSSR count). The van der Waals surface area contributed by atoms with Gasteiger partial charge in [0.25, 0.3) is 0 Å². The molecule has 0 radical (unpaired) electrons. The molecule has 2 heterocycles. The van der Waals surface area contributed by atoms with Gasteiger partial charge >= 0.3 is 0 Å². The van der Waals surface area contributed by atoms with E-state index in [1.165, 1.54) is 23.6 Å². The second-order valence-corrected chi connectivity index (χ2v) is 8.57. The largest absolute Gasteiger partial charge is 0.341 e. The van der Waals surface area contributed by atoms with Crippen LogP contribution in [0.3, 0.4) is 0 Å². The SMILES string of the molecule is CCCS(=O)(=O)N1CCCC[C@@H]1C(=O)N1CCCCCCC1. The van der Waals surface area contributed by atoms with Crippen molar-refractivity contribution in [2.75, 3.05) is 25.4 Å². The van der Waals surface area contributed by atoms with Gasteiger partial charge in [0.15, 0.2) is 0 Å². The van der Waals surface area contributed by atoms with Crippen LogP contribution in [-0.2, 0) is 14.8 Å². The van der Waals surface area contributed by atoms with E-state index in [4.69, 9.17) is 0 Å². The Morgan fingerprint density at radius 2 is 1.55 bits per heavy atom. The zero-order valence-corrected chi connectivity index (χ0v) is 14.6. The van der Waals surface area contributed by atoms with Crippen LogP contribution in [0.4, 0.5) is 0 Å².